The molecular weight excluding hydrogens is 331 g/mol. The maximum atomic E-state index is 12.9. The summed E-state index contributed by atoms with van der Waals surface area (Å²) in [7, 11) is 3.02. The molecule has 0 radical (unpaired) electrons. The molecule has 0 aliphatic rings. The normalized spacial score (nSPS) is 10.1. The van der Waals surface area contributed by atoms with E-state index in [-0.39, 0.29) is 23.4 Å². The van der Waals surface area contributed by atoms with Crippen LogP contribution >= 0.6 is 11.8 Å². The van der Waals surface area contributed by atoms with Gasteiger partial charge in [-0.15, -0.1) is 11.8 Å². The first-order valence-electron chi connectivity index (χ1n) is 7.12. The van der Waals surface area contributed by atoms with Crippen molar-refractivity contribution in [3.05, 3.63) is 53.8 Å². The van der Waals surface area contributed by atoms with E-state index in [4.69, 9.17) is 4.74 Å². The smallest absolute Gasteiger partial charge is 0.251 e. The maximum absolute atomic E-state index is 12.9. The molecule has 7 heteroatoms. The van der Waals surface area contributed by atoms with Crippen molar-refractivity contribution < 1.29 is 18.7 Å². The molecule has 0 bridgehead atoms. The topological polar surface area (TPSA) is 67.4 Å². The van der Waals surface area contributed by atoms with E-state index >= 15 is 0 Å². The lowest BCUT2D eigenvalue weighted by Gasteiger charge is -2.11. The van der Waals surface area contributed by atoms with Gasteiger partial charge in [0.15, 0.2) is 0 Å². The molecule has 0 aromatic heterocycles. The Labute approximate surface area is 143 Å². The van der Waals surface area contributed by atoms with Crippen molar-refractivity contribution in [1.82, 2.24) is 5.32 Å². The Balaban J connectivity index is 2.04. The second-order valence-corrected chi connectivity index (χ2v) is 5.83. The predicted octanol–water partition coefficient (Wildman–Crippen LogP) is 2.92. The van der Waals surface area contributed by atoms with Gasteiger partial charge in [0, 0.05) is 17.5 Å². The minimum atomic E-state index is -0.320. The molecule has 0 heterocycles. The Bertz CT molecular complexity index is 735. The molecule has 0 aliphatic carbocycles. The molecule has 0 unspecified atom stereocenters. The van der Waals surface area contributed by atoms with Gasteiger partial charge < -0.3 is 15.4 Å². The molecule has 0 spiro atoms. The van der Waals surface area contributed by atoms with Gasteiger partial charge in [0.05, 0.1) is 18.6 Å². The number of hydrogen-bond donors (Lipinski definition) is 2. The van der Waals surface area contributed by atoms with Crippen LogP contribution in [0.1, 0.15) is 10.4 Å². The summed E-state index contributed by atoms with van der Waals surface area (Å²) in [5, 5.41) is 5.25. The van der Waals surface area contributed by atoms with Crippen LogP contribution in [0, 0.1) is 5.82 Å². The molecule has 2 amide bonds. The van der Waals surface area contributed by atoms with E-state index in [9.17, 15) is 14.0 Å². The summed E-state index contributed by atoms with van der Waals surface area (Å²) in [6.45, 7) is 0. The van der Waals surface area contributed by atoms with Crippen molar-refractivity contribution in [2.45, 2.75) is 4.90 Å². The van der Waals surface area contributed by atoms with E-state index in [2.05, 4.69) is 10.6 Å². The monoisotopic (exact) mass is 348 g/mol. The molecular formula is C17H17FN2O3S. The molecule has 0 fully saturated rings. The third kappa shape index (κ3) is 4.73. The van der Waals surface area contributed by atoms with Gasteiger partial charge in [-0.05, 0) is 42.5 Å². The second-order valence-electron chi connectivity index (χ2n) is 4.78. The summed E-state index contributed by atoms with van der Waals surface area (Å²) in [5.41, 5.74) is 0.836. The number of hydrogen-bond acceptors (Lipinski definition) is 4. The van der Waals surface area contributed by atoms with E-state index in [1.165, 1.54) is 38.1 Å². The van der Waals surface area contributed by atoms with E-state index in [1.54, 1.807) is 30.3 Å². The highest BCUT2D eigenvalue weighted by Crippen LogP contribution is 2.26. The molecule has 2 aromatic rings. The second kappa shape index (κ2) is 8.35. The number of anilines is 1. The van der Waals surface area contributed by atoms with Gasteiger partial charge >= 0.3 is 0 Å². The van der Waals surface area contributed by atoms with Crippen molar-refractivity contribution in [2.24, 2.45) is 0 Å². The minimum Gasteiger partial charge on any atom is -0.495 e. The Kier molecular flexibility index (Phi) is 6.20. The highest BCUT2D eigenvalue weighted by Gasteiger charge is 2.12. The average molecular weight is 348 g/mol. The van der Waals surface area contributed by atoms with E-state index in [0.717, 1.165) is 4.90 Å². The summed E-state index contributed by atoms with van der Waals surface area (Å²) in [6.07, 6.45) is 0. The number of benzene rings is 2. The number of carbonyl (C=O) groups excluding carboxylic acids is 2. The summed E-state index contributed by atoms with van der Waals surface area (Å²) >= 11 is 1.29. The van der Waals surface area contributed by atoms with Gasteiger partial charge in [-0.1, -0.05) is 0 Å². The summed E-state index contributed by atoms with van der Waals surface area (Å²) in [4.78, 5) is 24.6. The Morgan fingerprint density at radius 1 is 1.17 bits per heavy atom. The maximum Gasteiger partial charge on any atom is 0.251 e. The molecule has 0 aliphatic heterocycles. The predicted molar refractivity (Wildman–Crippen MR) is 92.1 cm³/mol. The van der Waals surface area contributed by atoms with Crippen LogP contribution in [0.3, 0.4) is 0 Å². The molecule has 2 rings (SSSR count). The third-order valence-electron chi connectivity index (χ3n) is 3.15. The SMILES string of the molecule is CNC(=O)c1ccc(OC)c(NC(=O)CSc2ccc(F)cc2)c1. The Morgan fingerprint density at radius 2 is 1.88 bits per heavy atom. The van der Waals surface area contributed by atoms with Crippen LogP contribution in [0.5, 0.6) is 5.75 Å². The van der Waals surface area contributed by atoms with E-state index in [0.29, 0.717) is 17.0 Å². The quantitative estimate of drug-likeness (QED) is 0.788. The van der Waals surface area contributed by atoms with Crippen LogP contribution < -0.4 is 15.4 Å². The fraction of sp³-hybridized carbons (Fsp3) is 0.176. The minimum absolute atomic E-state index is 0.152. The summed E-state index contributed by atoms with van der Waals surface area (Å²) in [6, 6.07) is 10.7. The van der Waals surface area contributed by atoms with E-state index < -0.39 is 0 Å². The number of carbonyl (C=O) groups is 2. The zero-order valence-electron chi connectivity index (χ0n) is 13.3. The zero-order chi connectivity index (χ0) is 17.5. The Morgan fingerprint density at radius 3 is 2.50 bits per heavy atom. The van der Waals surface area contributed by atoms with Crippen LogP contribution in [0.2, 0.25) is 0 Å². The number of nitrogens with one attached hydrogen (secondary N) is 2. The fourth-order valence-electron chi connectivity index (χ4n) is 1.96. The first-order chi connectivity index (χ1) is 11.5. The summed E-state index contributed by atoms with van der Waals surface area (Å²) in [5.74, 6) is -0.216. The highest BCUT2D eigenvalue weighted by molar-refractivity contribution is 8.00. The van der Waals surface area contributed by atoms with Gasteiger partial charge in [0.2, 0.25) is 5.91 Å². The van der Waals surface area contributed by atoms with Crippen LogP contribution in [0.4, 0.5) is 10.1 Å². The number of halogens is 1. The molecule has 24 heavy (non-hydrogen) atoms. The van der Waals surface area contributed by atoms with Crippen molar-refractivity contribution in [3.8, 4) is 5.75 Å². The number of rotatable bonds is 6. The van der Waals surface area contributed by atoms with Gasteiger partial charge in [-0.25, -0.2) is 4.39 Å². The average Bonchev–Trinajstić information content (AvgIpc) is 2.60. The largest absolute Gasteiger partial charge is 0.495 e. The van der Waals surface area contributed by atoms with Crippen molar-refractivity contribution in [3.63, 3.8) is 0 Å². The van der Waals surface area contributed by atoms with Crippen LogP contribution in [0.25, 0.3) is 0 Å². The molecule has 0 saturated heterocycles. The van der Waals surface area contributed by atoms with Gasteiger partial charge in [0.25, 0.3) is 5.91 Å². The third-order valence-corrected chi connectivity index (χ3v) is 4.16. The molecule has 126 valence electrons. The molecule has 5 nitrogen and oxygen atoms in total. The van der Waals surface area contributed by atoms with Gasteiger partial charge in [0.1, 0.15) is 11.6 Å². The van der Waals surface area contributed by atoms with Crippen molar-refractivity contribution in [1.29, 1.82) is 0 Å². The highest BCUT2D eigenvalue weighted by atomic mass is 32.2. The van der Waals surface area contributed by atoms with Crippen LogP contribution in [-0.4, -0.2) is 31.7 Å². The van der Waals surface area contributed by atoms with Crippen molar-refractivity contribution >= 4 is 29.3 Å². The van der Waals surface area contributed by atoms with Crippen molar-refractivity contribution in [2.75, 3.05) is 25.2 Å². The number of amides is 2. The Hall–Kier alpha value is -2.54. The van der Waals surface area contributed by atoms with Crippen LogP contribution in [-0.2, 0) is 4.79 Å². The van der Waals surface area contributed by atoms with Gasteiger partial charge in [-0.3, -0.25) is 9.59 Å². The first-order valence-corrected chi connectivity index (χ1v) is 8.10. The number of thioether (sulfide) groups is 1. The first kappa shape index (κ1) is 17.8. The zero-order valence-corrected chi connectivity index (χ0v) is 14.1. The lowest BCUT2D eigenvalue weighted by Crippen LogP contribution is -2.19. The van der Waals surface area contributed by atoms with Crippen LogP contribution in [0.15, 0.2) is 47.4 Å². The molecule has 2 N–H and O–H groups in total. The molecule has 2 aromatic carbocycles. The number of ether oxygens (including phenoxy) is 1. The lowest BCUT2D eigenvalue weighted by molar-refractivity contribution is -0.113. The summed E-state index contributed by atoms with van der Waals surface area (Å²) < 4.78 is 18.0. The number of methoxy groups -OCH3 is 1. The molecule has 0 atom stereocenters. The lowest BCUT2D eigenvalue weighted by atomic mass is 10.1. The van der Waals surface area contributed by atoms with Gasteiger partial charge in [-0.2, -0.15) is 0 Å². The fourth-order valence-corrected chi connectivity index (χ4v) is 2.66. The van der Waals surface area contributed by atoms with E-state index in [1.807, 2.05) is 0 Å². The standard InChI is InChI=1S/C17H17FN2O3S/c1-19-17(22)11-3-8-15(23-2)14(9-11)20-16(21)10-24-13-6-4-12(18)5-7-13/h3-9H,10H2,1-2H3,(H,19,22)(H,20,21). The molecule has 0 saturated carbocycles.